The van der Waals surface area contributed by atoms with E-state index < -0.39 is 0 Å². The molecule has 0 fully saturated rings. The van der Waals surface area contributed by atoms with Crippen LogP contribution in [0.25, 0.3) is 0 Å². The van der Waals surface area contributed by atoms with Gasteiger partial charge in [-0.25, -0.2) is 0 Å². The number of rotatable bonds is 0. The normalized spacial score (nSPS) is 9.67. The summed E-state index contributed by atoms with van der Waals surface area (Å²) in [6.45, 7) is 1.98. The highest BCUT2D eigenvalue weighted by atomic mass is 127. The van der Waals surface area contributed by atoms with Crippen LogP contribution < -0.4 is 2.78 Å². The second-order valence-corrected chi connectivity index (χ2v) is 3.20. The first-order chi connectivity index (χ1) is 4.22. The lowest BCUT2D eigenvalue weighted by molar-refractivity contribution is -0.448. The van der Waals surface area contributed by atoms with Crippen molar-refractivity contribution in [1.82, 2.24) is 0 Å². The highest BCUT2D eigenvalue weighted by molar-refractivity contribution is 14.1. The van der Waals surface area contributed by atoms with Crippen LogP contribution in [0.1, 0.15) is 5.69 Å². The van der Waals surface area contributed by atoms with E-state index in [4.69, 9.17) is 11.6 Å². The van der Waals surface area contributed by atoms with Gasteiger partial charge in [-0.3, -0.25) is 0 Å². The van der Waals surface area contributed by atoms with Gasteiger partial charge in [0.05, 0.1) is 0 Å². The topological polar surface area (TPSA) is 3.88 Å². The summed E-state index contributed by atoms with van der Waals surface area (Å²) in [5.41, 5.74) is 1.08. The van der Waals surface area contributed by atoms with E-state index in [1.54, 1.807) is 0 Å². The smallest absolute Gasteiger partial charge is 0.140 e. The summed E-state index contributed by atoms with van der Waals surface area (Å²) in [4.78, 5) is 0. The Hall–Kier alpha value is 0.170. The van der Waals surface area contributed by atoms with Crippen molar-refractivity contribution in [2.24, 2.45) is 0 Å². The van der Waals surface area contributed by atoms with Crippen LogP contribution in [0.3, 0.4) is 0 Å². The number of halogens is 2. The second kappa shape index (κ2) is 2.84. The largest absolute Gasteiger partial charge is 0.354 e. The molecule has 0 aliphatic rings. The van der Waals surface area contributed by atoms with E-state index in [0.717, 1.165) is 10.7 Å². The van der Waals surface area contributed by atoms with E-state index in [-0.39, 0.29) is 0 Å². The Labute approximate surface area is 73.1 Å². The first-order valence-corrected chi connectivity index (χ1v) is 3.89. The zero-order valence-electron chi connectivity index (χ0n) is 4.94. The van der Waals surface area contributed by atoms with Gasteiger partial charge in [-0.2, -0.15) is 0 Å². The van der Waals surface area contributed by atoms with Crippen LogP contribution in [0, 0.1) is 6.92 Å². The van der Waals surface area contributed by atoms with Crippen LogP contribution >= 0.6 is 34.5 Å². The van der Waals surface area contributed by atoms with E-state index in [9.17, 15) is 0 Å². The molecule has 0 saturated heterocycles. The van der Waals surface area contributed by atoms with Crippen LogP contribution in [-0.4, -0.2) is 0 Å². The monoisotopic (exact) mass is 254 g/mol. The quantitative estimate of drug-likeness (QED) is 0.625. The number of hydrogen-bond donors (Lipinski definition) is 0. The molecule has 48 valence electrons. The van der Waals surface area contributed by atoms with E-state index in [2.05, 4.69) is 22.9 Å². The molecule has 0 aliphatic carbocycles. The lowest BCUT2D eigenvalue weighted by Gasteiger charge is -1.89. The fraction of sp³-hybridized carbons (Fsp3) is 0.167. The summed E-state index contributed by atoms with van der Waals surface area (Å²) >= 11 is 7.97. The van der Waals surface area contributed by atoms with Crippen molar-refractivity contribution >= 4 is 34.5 Å². The van der Waals surface area contributed by atoms with Crippen molar-refractivity contribution in [1.29, 1.82) is 0 Å². The Kier molecular flexibility index (Phi) is 2.29. The van der Waals surface area contributed by atoms with Crippen molar-refractivity contribution < 1.29 is 2.78 Å². The number of pyridine rings is 1. The van der Waals surface area contributed by atoms with Gasteiger partial charge in [-0.15, -0.1) is 2.78 Å². The summed E-state index contributed by atoms with van der Waals surface area (Å²) in [6, 6.07) is 3.80. The summed E-state index contributed by atoms with van der Waals surface area (Å²) in [5.74, 6) is 0. The molecular formula is C6H6ClIN+. The Bertz CT molecular complexity index is 204. The standard InChI is InChI=1S/C6H6ClIN/c1-5-6(7)3-2-4-9(5)8/h2-4H,1H3/q+1. The molecule has 0 aromatic carbocycles. The predicted molar refractivity (Wildman–Crippen MR) is 45.8 cm³/mol. The van der Waals surface area contributed by atoms with Crippen LogP contribution in [0.4, 0.5) is 0 Å². The maximum Gasteiger partial charge on any atom is 0.354 e. The molecule has 1 heterocycles. The van der Waals surface area contributed by atoms with Gasteiger partial charge in [0.2, 0.25) is 5.69 Å². The molecule has 1 aromatic heterocycles. The fourth-order valence-electron chi connectivity index (χ4n) is 0.538. The van der Waals surface area contributed by atoms with Crippen LogP contribution in [0.2, 0.25) is 5.02 Å². The first-order valence-electron chi connectivity index (χ1n) is 2.55. The molecule has 0 amide bonds. The first kappa shape index (κ1) is 7.28. The summed E-state index contributed by atoms with van der Waals surface area (Å²) in [6.07, 6.45) is 1.96. The van der Waals surface area contributed by atoms with Gasteiger partial charge < -0.3 is 0 Å². The maximum atomic E-state index is 5.79. The summed E-state index contributed by atoms with van der Waals surface area (Å²) in [5, 5.41) is 0.812. The zero-order chi connectivity index (χ0) is 6.85. The second-order valence-electron chi connectivity index (χ2n) is 1.75. The Morgan fingerprint density at radius 3 is 2.78 bits per heavy atom. The molecule has 0 saturated carbocycles. The minimum atomic E-state index is 0.812. The van der Waals surface area contributed by atoms with Crippen LogP contribution in [0.5, 0.6) is 0 Å². The Morgan fingerprint density at radius 1 is 1.67 bits per heavy atom. The van der Waals surface area contributed by atoms with Gasteiger partial charge in [0, 0.05) is 13.0 Å². The van der Waals surface area contributed by atoms with Crippen molar-refractivity contribution in [3.63, 3.8) is 0 Å². The molecule has 1 rings (SSSR count). The number of nitrogens with zero attached hydrogens (tertiary/aromatic N) is 1. The highest BCUT2D eigenvalue weighted by Crippen LogP contribution is 2.09. The van der Waals surface area contributed by atoms with Crippen molar-refractivity contribution in [3.8, 4) is 0 Å². The van der Waals surface area contributed by atoms with Gasteiger partial charge in [0.1, 0.15) is 5.02 Å². The fourth-order valence-corrected chi connectivity index (χ4v) is 1.29. The van der Waals surface area contributed by atoms with Gasteiger partial charge in [-0.05, 0) is 6.07 Å². The minimum Gasteiger partial charge on any atom is -0.140 e. The van der Waals surface area contributed by atoms with Crippen molar-refractivity contribution in [3.05, 3.63) is 29.0 Å². The lowest BCUT2D eigenvalue weighted by Crippen LogP contribution is -2.22. The molecule has 1 nitrogen and oxygen atoms in total. The van der Waals surface area contributed by atoms with Gasteiger partial charge in [0.15, 0.2) is 6.20 Å². The third-order valence-corrected chi connectivity index (χ3v) is 2.57. The van der Waals surface area contributed by atoms with E-state index >= 15 is 0 Å². The molecular weight excluding hydrogens is 248 g/mol. The Morgan fingerprint density at radius 2 is 2.33 bits per heavy atom. The molecule has 0 aliphatic heterocycles. The van der Waals surface area contributed by atoms with Crippen molar-refractivity contribution in [2.45, 2.75) is 6.92 Å². The molecule has 0 unspecified atom stereocenters. The van der Waals surface area contributed by atoms with Gasteiger partial charge in [0.25, 0.3) is 0 Å². The van der Waals surface area contributed by atoms with Crippen molar-refractivity contribution in [2.75, 3.05) is 0 Å². The van der Waals surface area contributed by atoms with Gasteiger partial charge >= 0.3 is 22.9 Å². The molecule has 3 heteroatoms. The van der Waals surface area contributed by atoms with Gasteiger partial charge in [-0.1, -0.05) is 11.6 Å². The molecule has 0 spiro atoms. The van der Waals surface area contributed by atoms with E-state index in [1.165, 1.54) is 0 Å². The molecule has 0 radical (unpaired) electrons. The summed E-state index contributed by atoms with van der Waals surface area (Å²) < 4.78 is 1.96. The Balaban J connectivity index is 3.25. The van der Waals surface area contributed by atoms with Crippen LogP contribution in [0.15, 0.2) is 18.3 Å². The zero-order valence-corrected chi connectivity index (χ0v) is 7.85. The number of aromatic nitrogens is 1. The molecule has 0 atom stereocenters. The number of hydrogen-bond acceptors (Lipinski definition) is 0. The molecule has 1 aromatic rings. The lowest BCUT2D eigenvalue weighted by atomic mass is 10.4. The third kappa shape index (κ3) is 1.55. The van der Waals surface area contributed by atoms with E-state index in [0.29, 0.717) is 0 Å². The predicted octanol–water partition coefficient (Wildman–Crippen LogP) is 2.13. The average Bonchev–Trinajstić information content (AvgIpc) is 1.83. The summed E-state index contributed by atoms with van der Waals surface area (Å²) in [7, 11) is 0. The molecule has 0 bridgehead atoms. The molecule has 9 heavy (non-hydrogen) atoms. The van der Waals surface area contributed by atoms with Crippen LogP contribution in [-0.2, 0) is 0 Å². The van der Waals surface area contributed by atoms with E-state index in [1.807, 2.05) is 28.0 Å². The maximum absolute atomic E-state index is 5.79. The molecule has 0 N–H and O–H groups in total. The minimum absolute atomic E-state index is 0.812. The third-order valence-electron chi connectivity index (χ3n) is 1.13. The average molecular weight is 254 g/mol. The SMILES string of the molecule is Cc1c(Cl)ccc[n+]1I. The highest BCUT2D eigenvalue weighted by Gasteiger charge is 2.04.